The van der Waals surface area contributed by atoms with Crippen molar-refractivity contribution in [1.82, 2.24) is 4.98 Å². The lowest BCUT2D eigenvalue weighted by Crippen LogP contribution is -2.03. The highest BCUT2D eigenvalue weighted by molar-refractivity contribution is 7.07. The molecule has 2 N–H and O–H groups in total. The Morgan fingerprint density at radius 2 is 2.26 bits per heavy atom. The van der Waals surface area contributed by atoms with Crippen molar-refractivity contribution in [2.45, 2.75) is 6.54 Å². The predicted octanol–water partition coefficient (Wildman–Crippen LogP) is 1.97. The molecule has 0 aliphatic heterocycles. The van der Waals surface area contributed by atoms with E-state index in [1.165, 1.54) is 19.2 Å². The lowest BCUT2D eigenvalue weighted by Gasteiger charge is -2.07. The lowest BCUT2D eigenvalue weighted by atomic mass is 10.2. The molecule has 19 heavy (non-hydrogen) atoms. The van der Waals surface area contributed by atoms with Crippen molar-refractivity contribution in [3.8, 4) is 5.75 Å². The van der Waals surface area contributed by atoms with E-state index in [-0.39, 0.29) is 10.6 Å². The number of non-ortho nitro benzene ring substituents is 1. The topological polar surface area (TPSA) is 97.3 Å². The van der Waals surface area contributed by atoms with Gasteiger partial charge in [-0.1, -0.05) is 11.3 Å². The Kier molecular flexibility index (Phi) is 3.81. The molecular weight excluding hydrogens is 270 g/mol. The molecule has 0 aliphatic rings. The number of anilines is 1. The first-order valence-electron chi connectivity index (χ1n) is 5.32. The standard InChI is InChI=1S/C11H11N3O4S/c1-18-10-3-7(2-9(4-10)14(16)17)12-5-8-6-19-11(15)13-8/h2-4,6,12H,5H2,1H3,(H,13,15). The van der Waals surface area contributed by atoms with Crippen molar-refractivity contribution >= 4 is 22.7 Å². The van der Waals surface area contributed by atoms with Gasteiger partial charge in [-0.3, -0.25) is 14.9 Å². The average molecular weight is 281 g/mol. The van der Waals surface area contributed by atoms with E-state index in [2.05, 4.69) is 10.3 Å². The fraction of sp³-hybridized carbons (Fsp3) is 0.182. The molecule has 0 bridgehead atoms. The van der Waals surface area contributed by atoms with Crippen LogP contribution in [0.2, 0.25) is 0 Å². The van der Waals surface area contributed by atoms with Crippen molar-refractivity contribution in [3.63, 3.8) is 0 Å². The third-order valence-corrected chi connectivity index (χ3v) is 3.11. The molecule has 0 saturated heterocycles. The van der Waals surface area contributed by atoms with Crippen LogP contribution < -0.4 is 14.9 Å². The molecule has 0 atom stereocenters. The van der Waals surface area contributed by atoms with E-state index < -0.39 is 4.92 Å². The van der Waals surface area contributed by atoms with E-state index >= 15 is 0 Å². The number of thiazole rings is 1. The molecule has 0 unspecified atom stereocenters. The van der Waals surface area contributed by atoms with Gasteiger partial charge in [-0.25, -0.2) is 0 Å². The van der Waals surface area contributed by atoms with Crippen LogP contribution >= 0.6 is 11.3 Å². The van der Waals surface area contributed by atoms with Crippen molar-refractivity contribution in [2.24, 2.45) is 0 Å². The van der Waals surface area contributed by atoms with Crippen LogP contribution in [-0.4, -0.2) is 17.0 Å². The zero-order chi connectivity index (χ0) is 13.8. The SMILES string of the molecule is COc1cc(NCc2csc(=O)[nH]2)cc([N+](=O)[O-])c1. The highest BCUT2D eigenvalue weighted by Gasteiger charge is 2.10. The van der Waals surface area contributed by atoms with Gasteiger partial charge in [-0.05, 0) is 0 Å². The molecule has 0 saturated carbocycles. The number of aromatic amines is 1. The molecule has 2 rings (SSSR count). The Balaban J connectivity index is 2.17. The number of nitrogens with one attached hydrogen (secondary N) is 2. The molecule has 1 aromatic heterocycles. The third-order valence-electron chi connectivity index (χ3n) is 2.39. The smallest absolute Gasteiger partial charge is 0.304 e. The minimum Gasteiger partial charge on any atom is -0.496 e. The number of nitro groups is 1. The maximum absolute atomic E-state index is 11.0. The molecule has 0 aliphatic carbocycles. The van der Waals surface area contributed by atoms with Gasteiger partial charge in [0.15, 0.2) is 0 Å². The number of methoxy groups -OCH3 is 1. The third kappa shape index (κ3) is 3.32. The summed E-state index contributed by atoms with van der Waals surface area (Å²) in [7, 11) is 1.44. The van der Waals surface area contributed by atoms with Crippen LogP contribution in [0.1, 0.15) is 5.69 Å². The number of nitrogens with zero attached hydrogens (tertiary/aromatic N) is 1. The number of aromatic nitrogens is 1. The van der Waals surface area contributed by atoms with Crippen LogP contribution in [0.4, 0.5) is 11.4 Å². The quantitative estimate of drug-likeness (QED) is 0.645. The molecule has 0 spiro atoms. The van der Waals surface area contributed by atoms with Gasteiger partial charge in [-0.2, -0.15) is 0 Å². The minimum absolute atomic E-state index is 0.0549. The zero-order valence-corrected chi connectivity index (χ0v) is 10.8. The van der Waals surface area contributed by atoms with Gasteiger partial charge in [0.25, 0.3) is 5.69 Å². The molecule has 0 radical (unpaired) electrons. The fourth-order valence-electron chi connectivity index (χ4n) is 1.51. The van der Waals surface area contributed by atoms with E-state index in [1.807, 2.05) is 0 Å². The number of ether oxygens (including phenoxy) is 1. The van der Waals surface area contributed by atoms with Gasteiger partial charge < -0.3 is 15.0 Å². The first kappa shape index (κ1) is 13.1. The summed E-state index contributed by atoms with van der Waals surface area (Å²) in [6.45, 7) is 0.378. The normalized spacial score (nSPS) is 10.2. The second kappa shape index (κ2) is 5.53. The fourth-order valence-corrected chi connectivity index (χ4v) is 2.09. The van der Waals surface area contributed by atoms with Gasteiger partial charge in [0.2, 0.25) is 0 Å². The molecular formula is C11H11N3O4S. The van der Waals surface area contributed by atoms with Gasteiger partial charge in [0, 0.05) is 28.9 Å². The molecule has 1 heterocycles. The Morgan fingerprint density at radius 3 is 2.84 bits per heavy atom. The summed E-state index contributed by atoms with van der Waals surface area (Å²) in [6, 6.07) is 4.40. The second-order valence-electron chi connectivity index (χ2n) is 3.70. The van der Waals surface area contributed by atoms with Gasteiger partial charge in [0.1, 0.15) is 5.75 Å². The number of benzene rings is 1. The molecule has 1 aromatic carbocycles. The van der Waals surface area contributed by atoms with Gasteiger partial charge in [0.05, 0.1) is 24.6 Å². The Hall–Kier alpha value is -2.35. The first-order valence-corrected chi connectivity index (χ1v) is 6.20. The summed E-state index contributed by atoms with van der Waals surface area (Å²) in [4.78, 5) is 23.8. The summed E-state index contributed by atoms with van der Waals surface area (Å²) >= 11 is 1.07. The molecule has 2 aromatic rings. The highest BCUT2D eigenvalue weighted by atomic mass is 32.1. The van der Waals surface area contributed by atoms with E-state index in [9.17, 15) is 14.9 Å². The van der Waals surface area contributed by atoms with Crippen LogP contribution in [-0.2, 0) is 6.54 Å². The zero-order valence-electron chi connectivity index (χ0n) is 10.0. The number of H-pyrrole nitrogens is 1. The maximum Gasteiger partial charge on any atom is 0.304 e. The molecule has 8 heteroatoms. The molecule has 100 valence electrons. The number of hydrogen-bond donors (Lipinski definition) is 2. The van der Waals surface area contributed by atoms with E-state index in [4.69, 9.17) is 4.74 Å². The van der Waals surface area contributed by atoms with Crippen molar-refractivity contribution in [1.29, 1.82) is 0 Å². The Bertz CT molecular complexity index is 649. The number of nitro benzene ring substituents is 1. The van der Waals surface area contributed by atoms with Crippen LogP contribution in [0, 0.1) is 10.1 Å². The highest BCUT2D eigenvalue weighted by Crippen LogP contribution is 2.25. The van der Waals surface area contributed by atoms with Gasteiger partial charge >= 0.3 is 4.87 Å². The van der Waals surface area contributed by atoms with Crippen LogP contribution in [0.3, 0.4) is 0 Å². The largest absolute Gasteiger partial charge is 0.496 e. The molecule has 0 fully saturated rings. The van der Waals surface area contributed by atoms with Crippen LogP contribution in [0.5, 0.6) is 5.75 Å². The average Bonchev–Trinajstić information content (AvgIpc) is 2.81. The number of hydrogen-bond acceptors (Lipinski definition) is 6. The van der Waals surface area contributed by atoms with E-state index in [1.54, 1.807) is 11.4 Å². The summed E-state index contributed by atoms with van der Waals surface area (Å²) in [5.41, 5.74) is 1.22. The summed E-state index contributed by atoms with van der Waals surface area (Å²) in [5.74, 6) is 0.399. The van der Waals surface area contributed by atoms with Crippen LogP contribution in [0.15, 0.2) is 28.4 Å². The van der Waals surface area contributed by atoms with Crippen molar-refractivity contribution in [3.05, 3.63) is 49.1 Å². The Labute approximate surface area is 112 Å². The second-order valence-corrected chi connectivity index (χ2v) is 4.55. The lowest BCUT2D eigenvalue weighted by molar-refractivity contribution is -0.384. The van der Waals surface area contributed by atoms with E-state index in [0.29, 0.717) is 18.0 Å². The summed E-state index contributed by atoms with van der Waals surface area (Å²) in [5, 5.41) is 15.5. The first-order chi connectivity index (χ1) is 9.08. The predicted molar refractivity (Wildman–Crippen MR) is 71.9 cm³/mol. The number of rotatable bonds is 5. The Morgan fingerprint density at radius 1 is 1.47 bits per heavy atom. The van der Waals surface area contributed by atoms with Crippen molar-refractivity contribution < 1.29 is 9.66 Å². The maximum atomic E-state index is 11.0. The van der Waals surface area contributed by atoms with Gasteiger partial charge in [-0.15, -0.1) is 0 Å². The van der Waals surface area contributed by atoms with Crippen LogP contribution in [0.25, 0.3) is 0 Å². The molecule has 0 amide bonds. The molecule has 7 nitrogen and oxygen atoms in total. The summed E-state index contributed by atoms with van der Waals surface area (Å²) < 4.78 is 5.00. The minimum atomic E-state index is -0.486. The van der Waals surface area contributed by atoms with Crippen molar-refractivity contribution in [2.75, 3.05) is 12.4 Å². The summed E-state index contributed by atoms with van der Waals surface area (Å²) in [6.07, 6.45) is 0. The van der Waals surface area contributed by atoms with E-state index in [0.717, 1.165) is 17.0 Å². The monoisotopic (exact) mass is 281 g/mol.